The van der Waals surface area contributed by atoms with Crippen molar-refractivity contribution in [2.75, 3.05) is 6.54 Å². The van der Waals surface area contributed by atoms with Gasteiger partial charge < -0.3 is 10.4 Å². The first-order valence-electron chi connectivity index (χ1n) is 6.88. The monoisotopic (exact) mass is 225 g/mol. The lowest BCUT2D eigenvalue weighted by atomic mass is 9.64. The zero-order valence-corrected chi connectivity index (χ0v) is 11.1. The fourth-order valence-electron chi connectivity index (χ4n) is 3.28. The molecule has 0 aromatic heterocycles. The van der Waals surface area contributed by atoms with E-state index in [1.54, 1.807) is 0 Å². The van der Waals surface area contributed by atoms with Crippen molar-refractivity contribution >= 4 is 0 Å². The normalized spacial score (nSPS) is 36.4. The van der Waals surface area contributed by atoms with E-state index in [4.69, 9.17) is 0 Å². The summed E-state index contributed by atoms with van der Waals surface area (Å²) in [4.78, 5) is 0. The summed E-state index contributed by atoms with van der Waals surface area (Å²) in [6.45, 7) is 7.61. The predicted octanol–water partition coefficient (Wildman–Crippen LogP) is 2.71. The molecule has 0 heterocycles. The molecule has 2 N–H and O–H groups in total. The van der Waals surface area contributed by atoms with Crippen LogP contribution in [0.2, 0.25) is 0 Å². The number of aliphatic hydroxyl groups is 1. The van der Waals surface area contributed by atoms with Crippen molar-refractivity contribution in [3.05, 3.63) is 0 Å². The largest absolute Gasteiger partial charge is 0.388 e. The molecule has 2 nitrogen and oxygen atoms in total. The van der Waals surface area contributed by atoms with Gasteiger partial charge >= 0.3 is 0 Å². The molecular weight excluding hydrogens is 198 g/mol. The molecule has 0 aromatic carbocycles. The van der Waals surface area contributed by atoms with Gasteiger partial charge in [0.2, 0.25) is 0 Å². The maximum Gasteiger partial charge on any atom is 0.0804 e. The second-order valence-corrected chi connectivity index (χ2v) is 6.92. The van der Waals surface area contributed by atoms with Gasteiger partial charge in [0.1, 0.15) is 0 Å². The molecular formula is C14H27NO. The third-order valence-electron chi connectivity index (χ3n) is 4.32. The van der Waals surface area contributed by atoms with Crippen LogP contribution in [-0.2, 0) is 0 Å². The third kappa shape index (κ3) is 2.78. The van der Waals surface area contributed by atoms with Crippen LogP contribution in [0.15, 0.2) is 0 Å². The molecule has 2 heteroatoms. The lowest BCUT2D eigenvalue weighted by Gasteiger charge is -2.47. The van der Waals surface area contributed by atoms with Crippen LogP contribution < -0.4 is 5.32 Å². The summed E-state index contributed by atoms with van der Waals surface area (Å²) in [5.41, 5.74) is -0.237. The minimum absolute atomic E-state index is 0.223. The number of hydrogen-bond acceptors (Lipinski definition) is 2. The van der Waals surface area contributed by atoms with Gasteiger partial charge in [-0.25, -0.2) is 0 Å². The molecule has 0 radical (unpaired) electrons. The number of hydrogen-bond donors (Lipinski definition) is 2. The van der Waals surface area contributed by atoms with Crippen molar-refractivity contribution in [1.82, 2.24) is 5.32 Å². The highest BCUT2D eigenvalue weighted by Gasteiger charge is 2.45. The molecule has 2 rings (SSSR count). The molecule has 2 aliphatic rings. The van der Waals surface area contributed by atoms with E-state index in [0.29, 0.717) is 12.0 Å². The van der Waals surface area contributed by atoms with E-state index >= 15 is 0 Å². The van der Waals surface area contributed by atoms with Crippen LogP contribution in [0.1, 0.15) is 59.3 Å². The van der Waals surface area contributed by atoms with Gasteiger partial charge in [0.25, 0.3) is 0 Å². The lowest BCUT2D eigenvalue weighted by molar-refractivity contribution is -0.0875. The Morgan fingerprint density at radius 3 is 2.44 bits per heavy atom. The van der Waals surface area contributed by atoms with Crippen molar-refractivity contribution in [2.45, 2.75) is 70.9 Å². The fourth-order valence-corrected chi connectivity index (χ4v) is 3.28. The van der Waals surface area contributed by atoms with Crippen molar-refractivity contribution in [2.24, 2.45) is 11.3 Å². The van der Waals surface area contributed by atoms with E-state index < -0.39 is 5.60 Å². The highest BCUT2D eigenvalue weighted by molar-refractivity contribution is 4.98. The Morgan fingerprint density at radius 1 is 1.19 bits per heavy atom. The molecule has 94 valence electrons. The van der Waals surface area contributed by atoms with Crippen molar-refractivity contribution in [3.8, 4) is 0 Å². The molecule has 2 unspecified atom stereocenters. The first-order chi connectivity index (χ1) is 7.42. The Labute approximate surface area is 99.8 Å². The van der Waals surface area contributed by atoms with E-state index in [0.717, 1.165) is 13.0 Å². The summed E-state index contributed by atoms with van der Waals surface area (Å²) in [6.07, 6.45) is 7.25. The van der Waals surface area contributed by atoms with E-state index in [9.17, 15) is 5.11 Å². The lowest BCUT2D eigenvalue weighted by Crippen LogP contribution is -2.53. The number of rotatable bonds is 3. The summed E-state index contributed by atoms with van der Waals surface area (Å²) >= 11 is 0. The van der Waals surface area contributed by atoms with Crippen LogP contribution >= 0.6 is 0 Å². The van der Waals surface area contributed by atoms with Gasteiger partial charge in [0.15, 0.2) is 0 Å². The quantitative estimate of drug-likeness (QED) is 0.774. The second kappa shape index (κ2) is 4.30. The first-order valence-corrected chi connectivity index (χ1v) is 6.88. The van der Waals surface area contributed by atoms with E-state index in [1.807, 2.05) is 0 Å². The molecule has 0 spiro atoms. The van der Waals surface area contributed by atoms with Crippen molar-refractivity contribution < 1.29 is 5.11 Å². The Morgan fingerprint density at radius 2 is 1.88 bits per heavy atom. The van der Waals surface area contributed by atoms with Crippen molar-refractivity contribution in [1.29, 1.82) is 0 Å². The van der Waals surface area contributed by atoms with Gasteiger partial charge in [-0.05, 0) is 37.0 Å². The Kier molecular flexibility index (Phi) is 3.33. The van der Waals surface area contributed by atoms with Gasteiger partial charge in [0.05, 0.1) is 5.60 Å². The summed E-state index contributed by atoms with van der Waals surface area (Å²) in [5.74, 6) is 0.444. The van der Waals surface area contributed by atoms with Crippen LogP contribution in [0.25, 0.3) is 0 Å². The molecule has 2 aliphatic carbocycles. The Bertz CT molecular complexity index is 242. The molecule has 2 fully saturated rings. The second-order valence-electron chi connectivity index (χ2n) is 6.92. The maximum atomic E-state index is 10.9. The average Bonchev–Trinajstić information content (AvgIpc) is 2.97. The van der Waals surface area contributed by atoms with E-state index in [1.165, 1.54) is 32.1 Å². The van der Waals surface area contributed by atoms with Crippen LogP contribution in [0.4, 0.5) is 0 Å². The van der Waals surface area contributed by atoms with E-state index in [-0.39, 0.29) is 5.41 Å². The molecule has 2 atom stereocenters. The van der Waals surface area contributed by atoms with Gasteiger partial charge in [-0.1, -0.05) is 33.6 Å². The summed E-state index contributed by atoms with van der Waals surface area (Å²) in [6, 6.07) is 0.701. The molecule has 16 heavy (non-hydrogen) atoms. The van der Waals surface area contributed by atoms with Gasteiger partial charge in [-0.2, -0.15) is 0 Å². The molecule has 0 amide bonds. The van der Waals surface area contributed by atoms with Crippen LogP contribution in [0.5, 0.6) is 0 Å². The van der Waals surface area contributed by atoms with Gasteiger partial charge in [-0.3, -0.25) is 0 Å². The molecule has 0 saturated heterocycles. The fraction of sp³-hybridized carbons (Fsp3) is 1.00. The average molecular weight is 225 g/mol. The van der Waals surface area contributed by atoms with Crippen molar-refractivity contribution in [3.63, 3.8) is 0 Å². The first kappa shape index (κ1) is 12.4. The van der Waals surface area contributed by atoms with E-state index in [2.05, 4.69) is 26.1 Å². The zero-order chi connectivity index (χ0) is 11.8. The van der Waals surface area contributed by atoms with Gasteiger partial charge in [-0.15, -0.1) is 0 Å². The minimum Gasteiger partial charge on any atom is -0.388 e. The number of nitrogens with one attached hydrogen (secondary N) is 1. The molecule has 2 saturated carbocycles. The summed E-state index contributed by atoms with van der Waals surface area (Å²) in [5, 5.41) is 14.4. The Hall–Kier alpha value is -0.0800. The molecule has 0 aliphatic heterocycles. The van der Waals surface area contributed by atoms with Crippen LogP contribution in [0, 0.1) is 11.3 Å². The molecule has 0 aromatic rings. The highest BCUT2D eigenvalue weighted by atomic mass is 16.3. The van der Waals surface area contributed by atoms with Crippen LogP contribution in [-0.4, -0.2) is 23.3 Å². The topological polar surface area (TPSA) is 32.3 Å². The zero-order valence-electron chi connectivity index (χ0n) is 11.1. The predicted molar refractivity (Wildman–Crippen MR) is 67.4 cm³/mol. The molecule has 0 bridgehead atoms. The standard InChI is InChI=1S/C14H27NO/c1-13(2,3)12-6-4-5-9-14(12,16)10-15-11-7-8-11/h11-12,15-16H,4-10H2,1-3H3. The third-order valence-corrected chi connectivity index (χ3v) is 4.32. The summed E-state index contributed by atoms with van der Waals surface area (Å²) < 4.78 is 0. The van der Waals surface area contributed by atoms with Gasteiger partial charge in [0, 0.05) is 12.6 Å². The Balaban J connectivity index is 2.00. The maximum absolute atomic E-state index is 10.9. The minimum atomic E-state index is -0.459. The summed E-state index contributed by atoms with van der Waals surface area (Å²) in [7, 11) is 0. The van der Waals surface area contributed by atoms with Crippen LogP contribution in [0.3, 0.4) is 0 Å². The smallest absolute Gasteiger partial charge is 0.0804 e. The SMILES string of the molecule is CC(C)(C)C1CCCCC1(O)CNC1CC1. The highest BCUT2D eigenvalue weighted by Crippen LogP contribution is 2.44.